The van der Waals surface area contributed by atoms with E-state index in [9.17, 15) is 0 Å². The molecule has 1 aromatic carbocycles. The Labute approximate surface area is 257 Å². The predicted octanol–water partition coefficient (Wildman–Crippen LogP) is 7.99. The molecule has 1 aromatic heterocycles. The van der Waals surface area contributed by atoms with Gasteiger partial charge in [0.2, 0.25) is 0 Å². The fraction of sp³-hybridized carbons (Fsp3) is 0.457. The van der Waals surface area contributed by atoms with Gasteiger partial charge in [-0.05, 0) is 81.2 Å². The van der Waals surface area contributed by atoms with Crippen molar-refractivity contribution in [2.75, 3.05) is 36.5 Å². The van der Waals surface area contributed by atoms with Crippen molar-refractivity contribution in [3.63, 3.8) is 0 Å². The molecule has 0 saturated carbocycles. The van der Waals surface area contributed by atoms with Crippen LogP contribution in [0.5, 0.6) is 11.5 Å². The lowest BCUT2D eigenvalue weighted by atomic mass is 10.1. The number of amidine groups is 1. The lowest BCUT2D eigenvalue weighted by Crippen LogP contribution is -2.30. The second-order valence-corrected chi connectivity index (χ2v) is 11.3. The number of aliphatic imine (C=N–C) groups is 1. The van der Waals surface area contributed by atoms with Crippen molar-refractivity contribution in [2.24, 2.45) is 16.0 Å². The molecule has 0 saturated heterocycles. The minimum absolute atomic E-state index is 0.426. The summed E-state index contributed by atoms with van der Waals surface area (Å²) in [7, 11) is 0. The van der Waals surface area contributed by atoms with E-state index in [2.05, 4.69) is 68.1 Å². The Morgan fingerprint density at radius 1 is 1.16 bits per heavy atom. The van der Waals surface area contributed by atoms with Crippen LogP contribution in [0.3, 0.4) is 0 Å². The number of rotatable bonds is 12. The van der Waals surface area contributed by atoms with Crippen molar-refractivity contribution in [1.82, 2.24) is 9.99 Å². The molecule has 1 atom stereocenters. The van der Waals surface area contributed by atoms with E-state index in [1.54, 1.807) is 6.21 Å². The van der Waals surface area contributed by atoms with E-state index in [-0.39, 0.29) is 0 Å². The molecule has 43 heavy (non-hydrogen) atoms. The number of allylic oxidation sites excluding steroid dienone is 2. The smallest absolute Gasteiger partial charge is 0.172 e. The maximum absolute atomic E-state index is 6.24. The minimum Gasteiger partial charge on any atom is -0.489 e. The van der Waals surface area contributed by atoms with Gasteiger partial charge in [0.05, 0.1) is 13.2 Å². The first-order chi connectivity index (χ1) is 20.9. The summed E-state index contributed by atoms with van der Waals surface area (Å²) in [6.45, 7) is 16.0. The van der Waals surface area contributed by atoms with Gasteiger partial charge in [-0.1, -0.05) is 46.1 Å². The summed E-state index contributed by atoms with van der Waals surface area (Å²) >= 11 is 0. The maximum atomic E-state index is 6.24. The number of benzene rings is 1. The van der Waals surface area contributed by atoms with Crippen molar-refractivity contribution in [1.29, 1.82) is 0 Å². The van der Waals surface area contributed by atoms with Crippen LogP contribution in [0.4, 0.5) is 11.5 Å². The third-order valence-corrected chi connectivity index (χ3v) is 7.35. The molecule has 8 nitrogen and oxygen atoms in total. The molecule has 0 aliphatic carbocycles. The van der Waals surface area contributed by atoms with Gasteiger partial charge < -0.3 is 19.7 Å². The first-order valence-electron chi connectivity index (χ1n) is 15.7. The first kappa shape index (κ1) is 31.9. The molecule has 0 bridgehead atoms. The van der Waals surface area contributed by atoms with Gasteiger partial charge in [-0.25, -0.2) is 9.98 Å². The van der Waals surface area contributed by atoms with E-state index in [4.69, 9.17) is 19.5 Å². The molecule has 0 radical (unpaired) electrons. The number of hydrogen-bond acceptors (Lipinski definition) is 7. The van der Waals surface area contributed by atoms with Crippen LogP contribution >= 0.6 is 0 Å². The van der Waals surface area contributed by atoms with Crippen molar-refractivity contribution >= 4 is 23.6 Å². The van der Waals surface area contributed by atoms with Gasteiger partial charge in [-0.2, -0.15) is 5.10 Å². The van der Waals surface area contributed by atoms with Crippen LogP contribution in [-0.2, 0) is 0 Å². The van der Waals surface area contributed by atoms with Crippen molar-refractivity contribution < 1.29 is 9.47 Å². The highest BCUT2D eigenvalue weighted by atomic mass is 16.5. The number of fused-ring (bicyclic) bond motifs is 1. The summed E-state index contributed by atoms with van der Waals surface area (Å²) in [5.74, 6) is 4.51. The highest BCUT2D eigenvalue weighted by Gasteiger charge is 2.24. The van der Waals surface area contributed by atoms with Gasteiger partial charge in [-0.3, -0.25) is 5.01 Å². The highest BCUT2D eigenvalue weighted by Crippen LogP contribution is 2.33. The van der Waals surface area contributed by atoms with E-state index >= 15 is 0 Å². The van der Waals surface area contributed by atoms with E-state index in [0.717, 1.165) is 77.9 Å². The second-order valence-electron chi connectivity index (χ2n) is 11.3. The Morgan fingerprint density at radius 2 is 2.02 bits per heavy atom. The summed E-state index contributed by atoms with van der Waals surface area (Å²) in [6, 6.07) is 8.22. The lowest BCUT2D eigenvalue weighted by molar-refractivity contribution is 0.273. The zero-order valence-electron chi connectivity index (χ0n) is 26.8. The number of aryl methyl sites for hydroxylation is 2. The molecule has 3 heterocycles. The van der Waals surface area contributed by atoms with E-state index in [1.165, 1.54) is 12.8 Å². The Morgan fingerprint density at radius 3 is 2.74 bits per heavy atom. The average molecular weight is 585 g/mol. The van der Waals surface area contributed by atoms with E-state index in [1.807, 2.05) is 48.6 Å². The number of ether oxygens (including phenoxy) is 2. The monoisotopic (exact) mass is 584 g/mol. The van der Waals surface area contributed by atoms with Crippen LogP contribution in [-0.4, -0.2) is 48.3 Å². The predicted molar refractivity (Wildman–Crippen MR) is 179 cm³/mol. The molecule has 8 heteroatoms. The fourth-order valence-electron chi connectivity index (χ4n) is 5.06. The quantitative estimate of drug-likeness (QED) is 0.155. The standard InChI is InChI=1S/C35H48N6O2/c1-7-10-12-18-36-34(33-28(6)23-32-35(39-33)40(19-13-11-8-2)24-26(4)25-42-32)38-29-14-15-31(27(5)22-29)43-30-16-20-41(21-17-30)37-9-3/h9,12,14-18,20,22-23,26H,7-8,10-11,13,19,21,24-25H2,1-6H3,(H,36,38)/b18-12+,37-9-. The van der Waals surface area contributed by atoms with Gasteiger partial charge in [0, 0.05) is 43.3 Å². The normalized spacial score (nSPS) is 17.2. The molecule has 2 aliphatic heterocycles. The van der Waals surface area contributed by atoms with Crippen LogP contribution in [0.1, 0.15) is 76.6 Å². The Hall–Kier alpha value is -4.07. The number of hydrogen-bond donors (Lipinski definition) is 1. The number of pyridine rings is 1. The third-order valence-electron chi connectivity index (χ3n) is 7.35. The van der Waals surface area contributed by atoms with Gasteiger partial charge >= 0.3 is 0 Å². The lowest BCUT2D eigenvalue weighted by Gasteiger charge is -2.25. The van der Waals surface area contributed by atoms with Crippen LogP contribution in [0.25, 0.3) is 0 Å². The topological polar surface area (TPSA) is 74.6 Å². The Balaban J connectivity index is 1.61. The molecule has 4 rings (SSSR count). The number of anilines is 2. The van der Waals surface area contributed by atoms with Crippen LogP contribution < -0.4 is 19.7 Å². The van der Waals surface area contributed by atoms with E-state index in [0.29, 0.717) is 24.9 Å². The van der Waals surface area contributed by atoms with Gasteiger partial charge in [0.15, 0.2) is 17.4 Å². The zero-order chi connectivity index (χ0) is 30.6. The highest BCUT2D eigenvalue weighted by molar-refractivity contribution is 6.08. The number of nitrogens with zero attached hydrogens (tertiary/aromatic N) is 5. The van der Waals surface area contributed by atoms with Gasteiger partial charge in [-0.15, -0.1) is 0 Å². The number of aromatic nitrogens is 1. The Kier molecular flexibility index (Phi) is 11.8. The number of hydrazone groups is 1. The SMILES string of the molecule is C/C=N\N1C=CC(Oc2ccc(NC(=N/C=C/CCC)c3nc4c(cc3C)OCC(C)CN4CCCCC)cc2C)=CC1. The third kappa shape index (κ3) is 8.96. The van der Waals surface area contributed by atoms with Crippen molar-refractivity contribution in [3.8, 4) is 11.5 Å². The second kappa shape index (κ2) is 16.0. The summed E-state index contributed by atoms with van der Waals surface area (Å²) in [6.07, 6.45) is 17.2. The molecule has 0 amide bonds. The molecule has 2 aromatic rings. The zero-order valence-corrected chi connectivity index (χ0v) is 26.8. The van der Waals surface area contributed by atoms with Crippen molar-refractivity contribution in [3.05, 3.63) is 77.5 Å². The molecular weight excluding hydrogens is 536 g/mol. The minimum atomic E-state index is 0.426. The molecule has 230 valence electrons. The molecular formula is C35H48N6O2. The average Bonchev–Trinajstić information content (AvgIpc) is 3.14. The summed E-state index contributed by atoms with van der Waals surface area (Å²) in [5, 5.41) is 9.71. The number of unbranched alkanes of at least 4 members (excludes halogenated alkanes) is 3. The van der Waals surface area contributed by atoms with Gasteiger partial charge in [0.25, 0.3) is 0 Å². The molecule has 0 spiro atoms. The first-order valence-corrected chi connectivity index (χ1v) is 15.7. The van der Waals surface area contributed by atoms with Crippen LogP contribution in [0.15, 0.2) is 70.7 Å². The Bertz CT molecular complexity index is 1380. The molecule has 1 N–H and O–H groups in total. The van der Waals surface area contributed by atoms with Crippen LogP contribution in [0, 0.1) is 19.8 Å². The van der Waals surface area contributed by atoms with Gasteiger partial charge in [0.1, 0.15) is 17.2 Å². The summed E-state index contributed by atoms with van der Waals surface area (Å²) in [5.41, 5.74) is 3.79. The fourth-order valence-corrected chi connectivity index (χ4v) is 5.06. The molecule has 0 fully saturated rings. The maximum Gasteiger partial charge on any atom is 0.172 e. The van der Waals surface area contributed by atoms with Crippen LogP contribution in [0.2, 0.25) is 0 Å². The number of nitrogens with one attached hydrogen (secondary N) is 1. The van der Waals surface area contributed by atoms with E-state index < -0.39 is 0 Å². The van der Waals surface area contributed by atoms with Crippen molar-refractivity contribution in [2.45, 2.75) is 73.6 Å². The molecule has 2 aliphatic rings. The summed E-state index contributed by atoms with van der Waals surface area (Å²) in [4.78, 5) is 12.5. The largest absolute Gasteiger partial charge is 0.489 e. The summed E-state index contributed by atoms with van der Waals surface area (Å²) < 4.78 is 12.4. The molecule has 1 unspecified atom stereocenters.